The number of halogens is 5. The van der Waals surface area contributed by atoms with Gasteiger partial charge >= 0.3 is 0 Å². The molecule has 0 spiro atoms. The summed E-state index contributed by atoms with van der Waals surface area (Å²) >= 11 is 0. The Morgan fingerprint density at radius 1 is 0.571 bits per heavy atom. The molecule has 1 aromatic carbocycles. The van der Waals surface area contributed by atoms with E-state index in [1.54, 1.807) is 0 Å². The number of benzene rings is 1. The fourth-order valence-corrected chi connectivity index (χ4v) is 6.39. The molecule has 202 valence electrons. The second kappa shape index (κ2) is 17.1. The first-order valence-electron chi connectivity index (χ1n) is 13.4. The van der Waals surface area contributed by atoms with E-state index in [0.717, 1.165) is 19.3 Å². The van der Waals surface area contributed by atoms with Gasteiger partial charge in [-0.05, 0) is 19.5 Å². The number of hydrogen-bond acceptors (Lipinski definition) is 2. The molecule has 1 aromatic rings. The normalized spacial score (nSPS) is 11.8. The Bertz CT molecular complexity index is 741. The van der Waals surface area contributed by atoms with Gasteiger partial charge in [-0.1, -0.05) is 103 Å². The van der Waals surface area contributed by atoms with E-state index in [9.17, 15) is 26.7 Å². The second-order valence-corrected chi connectivity index (χ2v) is 13.7. The van der Waals surface area contributed by atoms with Gasteiger partial charge in [-0.3, -0.25) is 4.79 Å². The van der Waals surface area contributed by atoms with Crippen molar-refractivity contribution >= 4 is 19.5 Å². The van der Waals surface area contributed by atoms with Gasteiger partial charge in [0.1, 0.15) is 0 Å². The zero-order valence-electron chi connectivity index (χ0n) is 21.7. The fraction of sp³-hybridized carbons (Fsp3) is 0.741. The predicted molar refractivity (Wildman–Crippen MR) is 134 cm³/mol. The van der Waals surface area contributed by atoms with Crippen molar-refractivity contribution in [2.45, 2.75) is 129 Å². The third-order valence-electron chi connectivity index (χ3n) is 6.42. The van der Waals surface area contributed by atoms with Gasteiger partial charge < -0.3 is 4.43 Å². The van der Waals surface area contributed by atoms with Gasteiger partial charge in [-0.25, -0.2) is 22.0 Å². The van der Waals surface area contributed by atoms with Crippen molar-refractivity contribution in [1.82, 2.24) is 0 Å². The Kier molecular flexibility index (Phi) is 15.4. The first-order chi connectivity index (χ1) is 16.6. The van der Waals surface area contributed by atoms with Crippen molar-refractivity contribution in [1.29, 1.82) is 0 Å². The molecule has 0 unspecified atom stereocenters. The van der Waals surface area contributed by atoms with Gasteiger partial charge in [0, 0.05) is 6.42 Å². The molecule has 35 heavy (non-hydrogen) atoms. The van der Waals surface area contributed by atoms with Gasteiger partial charge in [0.25, 0.3) is 14.3 Å². The van der Waals surface area contributed by atoms with Crippen LogP contribution in [-0.2, 0) is 9.22 Å². The first-order valence-corrected chi connectivity index (χ1v) is 16.3. The highest BCUT2D eigenvalue weighted by molar-refractivity contribution is 6.85. The summed E-state index contributed by atoms with van der Waals surface area (Å²) in [5.41, 5.74) is 0. The van der Waals surface area contributed by atoms with Crippen molar-refractivity contribution in [3.63, 3.8) is 0 Å². The van der Waals surface area contributed by atoms with Crippen LogP contribution in [-0.4, -0.2) is 14.3 Å². The molecule has 0 bridgehead atoms. The van der Waals surface area contributed by atoms with Gasteiger partial charge in [-0.15, -0.1) is 0 Å². The molecule has 2 nitrogen and oxygen atoms in total. The molecule has 0 atom stereocenters. The molecule has 0 aliphatic rings. The van der Waals surface area contributed by atoms with Crippen LogP contribution < -0.4 is 5.19 Å². The average Bonchev–Trinajstić information content (AvgIpc) is 2.80. The van der Waals surface area contributed by atoms with E-state index in [4.69, 9.17) is 4.43 Å². The minimum Gasteiger partial charge on any atom is -0.515 e. The SMILES string of the molecule is CCCCCCCCCCCCCCCCCCC(=O)O[Si](C)(C)c1c(F)c(F)c(F)c(F)c1F. The Balaban J connectivity index is 2.15. The number of unbranched alkanes of at least 4 members (excludes halogenated alkanes) is 15. The summed E-state index contributed by atoms with van der Waals surface area (Å²) in [5, 5.41) is -1.01. The van der Waals surface area contributed by atoms with E-state index in [0.29, 0.717) is 6.42 Å². The third kappa shape index (κ3) is 11.4. The molecule has 0 aliphatic heterocycles. The van der Waals surface area contributed by atoms with Gasteiger partial charge in [-0.2, -0.15) is 0 Å². The maximum atomic E-state index is 14.1. The van der Waals surface area contributed by atoms with Crippen molar-refractivity contribution in [2.75, 3.05) is 0 Å². The molecular weight excluding hydrogens is 479 g/mol. The summed E-state index contributed by atoms with van der Waals surface area (Å²) in [6, 6.07) is 0. The van der Waals surface area contributed by atoms with E-state index >= 15 is 0 Å². The van der Waals surface area contributed by atoms with E-state index < -0.39 is 48.6 Å². The molecule has 0 fully saturated rings. The Morgan fingerprint density at radius 3 is 1.26 bits per heavy atom. The molecule has 0 radical (unpaired) electrons. The molecule has 0 aliphatic carbocycles. The molecule has 0 heterocycles. The van der Waals surface area contributed by atoms with Crippen LogP contribution in [0.5, 0.6) is 0 Å². The first kappa shape index (κ1) is 31.6. The molecule has 0 N–H and O–H groups in total. The highest BCUT2D eigenvalue weighted by atomic mass is 28.4. The second-order valence-electron chi connectivity index (χ2n) is 9.98. The van der Waals surface area contributed by atoms with Crippen molar-refractivity contribution < 1.29 is 31.2 Å². The van der Waals surface area contributed by atoms with Crippen LogP contribution in [0.15, 0.2) is 0 Å². The standard InChI is InChI=1S/C27H43F5O2Si/c1-4-5-6-7-8-9-10-11-12-13-14-15-16-17-18-19-20-21(33)34-35(2,3)27-25(31)23(29)22(28)24(30)26(27)32/h4-20H2,1-3H3. The Labute approximate surface area is 209 Å². The summed E-state index contributed by atoms with van der Waals surface area (Å²) in [7, 11) is -3.67. The van der Waals surface area contributed by atoms with Gasteiger partial charge in [0.2, 0.25) is 5.82 Å². The highest BCUT2D eigenvalue weighted by Crippen LogP contribution is 2.21. The van der Waals surface area contributed by atoms with Gasteiger partial charge in [0.05, 0.1) is 5.19 Å². The lowest BCUT2D eigenvalue weighted by Gasteiger charge is -2.24. The summed E-state index contributed by atoms with van der Waals surface area (Å²) in [6.07, 6.45) is 19.3. The van der Waals surface area contributed by atoms with Crippen LogP contribution >= 0.6 is 0 Å². The maximum Gasteiger partial charge on any atom is 0.292 e. The van der Waals surface area contributed by atoms with E-state index in [2.05, 4.69) is 6.92 Å². The predicted octanol–water partition coefficient (Wildman–Crippen LogP) is 8.99. The molecule has 0 amide bonds. The Morgan fingerprint density at radius 2 is 0.886 bits per heavy atom. The van der Waals surface area contributed by atoms with Crippen LogP contribution in [0.1, 0.15) is 116 Å². The smallest absolute Gasteiger partial charge is 0.292 e. The summed E-state index contributed by atoms with van der Waals surface area (Å²) in [6.45, 7) is 4.73. The van der Waals surface area contributed by atoms with Crippen molar-refractivity contribution in [3.8, 4) is 0 Å². The van der Waals surface area contributed by atoms with Crippen LogP contribution in [0.2, 0.25) is 13.1 Å². The number of hydrogen-bond donors (Lipinski definition) is 0. The topological polar surface area (TPSA) is 26.3 Å². The third-order valence-corrected chi connectivity index (χ3v) is 8.80. The molecule has 0 saturated carbocycles. The summed E-state index contributed by atoms with van der Waals surface area (Å²) in [4.78, 5) is 12.1. The molecular formula is C27H43F5O2Si. The lowest BCUT2D eigenvalue weighted by molar-refractivity contribution is -0.135. The zero-order valence-corrected chi connectivity index (χ0v) is 22.7. The zero-order chi connectivity index (χ0) is 26.3. The van der Waals surface area contributed by atoms with Crippen LogP contribution in [0.4, 0.5) is 22.0 Å². The number of rotatable bonds is 19. The molecule has 1 rings (SSSR count). The average molecular weight is 523 g/mol. The molecule has 0 aromatic heterocycles. The number of carbonyl (C=O) groups excluding carboxylic acids is 1. The molecule has 0 saturated heterocycles. The fourth-order valence-electron chi connectivity index (χ4n) is 4.34. The quantitative estimate of drug-likeness (QED) is 0.0596. The van der Waals surface area contributed by atoms with Crippen molar-refractivity contribution in [3.05, 3.63) is 29.1 Å². The van der Waals surface area contributed by atoms with E-state index in [-0.39, 0.29) is 6.42 Å². The monoisotopic (exact) mass is 522 g/mol. The maximum absolute atomic E-state index is 14.1. The minimum absolute atomic E-state index is 0.0598. The lowest BCUT2D eigenvalue weighted by atomic mass is 10.0. The van der Waals surface area contributed by atoms with Crippen LogP contribution in [0.3, 0.4) is 0 Å². The Hall–Kier alpha value is -1.44. The highest BCUT2D eigenvalue weighted by Gasteiger charge is 2.40. The largest absolute Gasteiger partial charge is 0.515 e. The van der Waals surface area contributed by atoms with Crippen molar-refractivity contribution in [2.24, 2.45) is 0 Å². The van der Waals surface area contributed by atoms with Crippen LogP contribution in [0, 0.1) is 29.1 Å². The number of carbonyl (C=O) groups is 1. The van der Waals surface area contributed by atoms with Crippen LogP contribution in [0.25, 0.3) is 0 Å². The van der Waals surface area contributed by atoms with E-state index in [1.165, 1.54) is 90.1 Å². The van der Waals surface area contributed by atoms with E-state index in [1.807, 2.05) is 0 Å². The molecule has 8 heteroatoms. The summed E-state index contributed by atoms with van der Waals surface area (Å²) < 4.78 is 73.7. The lowest BCUT2D eigenvalue weighted by Crippen LogP contribution is -2.51. The minimum atomic E-state index is -3.67. The van der Waals surface area contributed by atoms with Gasteiger partial charge in [0.15, 0.2) is 23.3 Å². The summed E-state index contributed by atoms with van der Waals surface area (Å²) in [5.74, 6) is -10.8.